The van der Waals surface area contributed by atoms with Crippen LogP contribution >= 0.6 is 0 Å². The first-order valence-corrected chi connectivity index (χ1v) is 11.2. The molecule has 3 N–H and O–H groups in total. The minimum atomic E-state index is -0.794. The fourth-order valence-corrected chi connectivity index (χ4v) is 3.80. The number of hydrogen-bond acceptors (Lipinski definition) is 6. The molecule has 36 heavy (non-hydrogen) atoms. The zero-order chi connectivity index (χ0) is 25.7. The van der Waals surface area contributed by atoms with Crippen molar-refractivity contribution in [2.45, 2.75) is 13.0 Å². The lowest BCUT2D eigenvalue weighted by molar-refractivity contribution is 0.0957. The number of nitrogens with two attached hydrogens (primary N) is 1. The first kappa shape index (κ1) is 24.7. The van der Waals surface area contributed by atoms with Crippen LogP contribution in [0.5, 0.6) is 0 Å². The summed E-state index contributed by atoms with van der Waals surface area (Å²) in [5.41, 5.74) is 6.04. The van der Waals surface area contributed by atoms with Gasteiger partial charge in [-0.1, -0.05) is 30.3 Å². The number of benzene rings is 2. The van der Waals surface area contributed by atoms with Gasteiger partial charge in [-0.05, 0) is 48.4 Å². The second-order valence-electron chi connectivity index (χ2n) is 8.04. The van der Waals surface area contributed by atoms with E-state index >= 15 is 0 Å². The average Bonchev–Trinajstić information content (AvgIpc) is 3.37. The summed E-state index contributed by atoms with van der Waals surface area (Å²) in [7, 11) is 1.52. The SMILES string of the molecule is COCCCN(C(=O)c1ccc(-c2ccc(F)cc2)o1)c1c(N)n(Cc2ccccc2)c(=O)[nH]c1=O. The second-order valence-corrected chi connectivity index (χ2v) is 8.04. The molecule has 2 aromatic carbocycles. The Balaban J connectivity index is 1.73. The fourth-order valence-electron chi connectivity index (χ4n) is 3.80. The van der Waals surface area contributed by atoms with Crippen LogP contribution in [0.1, 0.15) is 22.5 Å². The topological polar surface area (TPSA) is 124 Å². The molecule has 0 radical (unpaired) electrons. The van der Waals surface area contributed by atoms with Crippen molar-refractivity contribution < 1.29 is 18.3 Å². The highest BCUT2D eigenvalue weighted by Crippen LogP contribution is 2.26. The third-order valence-corrected chi connectivity index (χ3v) is 5.59. The Morgan fingerprint density at radius 3 is 2.50 bits per heavy atom. The first-order valence-electron chi connectivity index (χ1n) is 11.2. The van der Waals surface area contributed by atoms with E-state index in [4.69, 9.17) is 14.9 Å². The summed E-state index contributed by atoms with van der Waals surface area (Å²) >= 11 is 0. The predicted molar refractivity (Wildman–Crippen MR) is 134 cm³/mol. The van der Waals surface area contributed by atoms with Gasteiger partial charge >= 0.3 is 5.69 Å². The molecule has 10 heteroatoms. The van der Waals surface area contributed by atoms with Crippen molar-refractivity contribution >= 4 is 17.4 Å². The summed E-state index contributed by atoms with van der Waals surface area (Å²) in [6, 6.07) is 17.8. The largest absolute Gasteiger partial charge is 0.451 e. The van der Waals surface area contributed by atoms with Gasteiger partial charge in [-0.2, -0.15) is 0 Å². The Bertz CT molecular complexity index is 1460. The van der Waals surface area contributed by atoms with Gasteiger partial charge in [0.2, 0.25) is 0 Å². The van der Waals surface area contributed by atoms with Crippen LogP contribution in [0.4, 0.5) is 15.9 Å². The maximum atomic E-state index is 13.5. The minimum absolute atomic E-state index is 0.0497. The third kappa shape index (κ3) is 5.28. The Morgan fingerprint density at radius 1 is 1.08 bits per heavy atom. The van der Waals surface area contributed by atoms with Crippen molar-refractivity contribution in [2.24, 2.45) is 0 Å². The molecule has 0 saturated heterocycles. The van der Waals surface area contributed by atoms with Crippen LogP contribution in [0.3, 0.4) is 0 Å². The molecule has 0 spiro atoms. The molecule has 0 fully saturated rings. The van der Waals surface area contributed by atoms with Gasteiger partial charge in [0.1, 0.15) is 17.4 Å². The molecule has 186 valence electrons. The van der Waals surface area contributed by atoms with Crippen LogP contribution < -0.4 is 21.9 Å². The molecular formula is C26H25FN4O5. The van der Waals surface area contributed by atoms with Crippen LogP contribution in [0.25, 0.3) is 11.3 Å². The molecule has 1 amide bonds. The van der Waals surface area contributed by atoms with Crippen LogP contribution in [0, 0.1) is 5.82 Å². The van der Waals surface area contributed by atoms with Crippen molar-refractivity contribution in [3.63, 3.8) is 0 Å². The Morgan fingerprint density at radius 2 is 1.81 bits per heavy atom. The number of hydrogen-bond donors (Lipinski definition) is 2. The third-order valence-electron chi connectivity index (χ3n) is 5.59. The lowest BCUT2D eigenvalue weighted by Crippen LogP contribution is -2.42. The number of nitrogen functional groups attached to an aromatic ring is 1. The number of H-pyrrole nitrogens is 1. The molecule has 4 aromatic rings. The van der Waals surface area contributed by atoms with E-state index < -0.39 is 23.0 Å². The maximum absolute atomic E-state index is 13.5. The molecule has 0 aliphatic carbocycles. The fraction of sp³-hybridized carbons (Fsp3) is 0.192. The quantitative estimate of drug-likeness (QED) is 0.346. The van der Waals surface area contributed by atoms with E-state index in [1.165, 1.54) is 46.9 Å². The highest BCUT2D eigenvalue weighted by atomic mass is 19.1. The van der Waals surface area contributed by atoms with E-state index in [9.17, 15) is 18.8 Å². The molecule has 2 aromatic heterocycles. The summed E-state index contributed by atoms with van der Waals surface area (Å²) < 4.78 is 25.3. The van der Waals surface area contributed by atoms with Crippen LogP contribution in [-0.4, -0.2) is 35.7 Å². The van der Waals surface area contributed by atoms with Crippen molar-refractivity contribution in [1.82, 2.24) is 9.55 Å². The lowest BCUT2D eigenvalue weighted by atomic mass is 10.2. The average molecular weight is 493 g/mol. The lowest BCUT2D eigenvalue weighted by Gasteiger charge is -2.23. The number of methoxy groups -OCH3 is 1. The van der Waals surface area contributed by atoms with E-state index in [0.717, 1.165) is 5.56 Å². The molecule has 0 bridgehead atoms. The summed E-state index contributed by atoms with van der Waals surface area (Å²) in [5.74, 6) is -0.867. The van der Waals surface area contributed by atoms with Gasteiger partial charge in [-0.25, -0.2) is 9.18 Å². The van der Waals surface area contributed by atoms with Gasteiger partial charge in [0.05, 0.1) is 6.54 Å². The molecule has 4 rings (SSSR count). The van der Waals surface area contributed by atoms with Crippen molar-refractivity contribution in [1.29, 1.82) is 0 Å². The van der Waals surface area contributed by atoms with Gasteiger partial charge in [0.25, 0.3) is 11.5 Å². The number of carbonyl (C=O) groups is 1. The van der Waals surface area contributed by atoms with Gasteiger partial charge in [-0.3, -0.25) is 24.0 Å². The van der Waals surface area contributed by atoms with E-state index in [0.29, 0.717) is 24.4 Å². The minimum Gasteiger partial charge on any atom is -0.451 e. The van der Waals surface area contributed by atoms with Crippen molar-refractivity contribution in [2.75, 3.05) is 30.9 Å². The molecule has 0 aliphatic heterocycles. The van der Waals surface area contributed by atoms with Crippen LogP contribution in [0.2, 0.25) is 0 Å². The van der Waals surface area contributed by atoms with Crippen LogP contribution in [0.15, 0.2) is 80.7 Å². The predicted octanol–water partition coefficient (Wildman–Crippen LogP) is 3.25. The van der Waals surface area contributed by atoms with Gasteiger partial charge in [0, 0.05) is 25.8 Å². The molecule has 0 saturated carbocycles. The maximum Gasteiger partial charge on any atom is 0.330 e. The van der Waals surface area contributed by atoms with Crippen LogP contribution in [-0.2, 0) is 11.3 Å². The zero-order valence-electron chi connectivity index (χ0n) is 19.6. The van der Waals surface area contributed by atoms with Gasteiger partial charge in [-0.15, -0.1) is 0 Å². The normalized spacial score (nSPS) is 10.9. The molecular weight excluding hydrogens is 467 g/mol. The zero-order valence-corrected chi connectivity index (χ0v) is 19.6. The Labute approximate surface area is 205 Å². The standard InChI is InChI=1S/C26H25FN4O5/c1-35-15-5-14-30(25(33)21-13-12-20(36-21)18-8-10-19(27)11-9-18)22-23(28)31(26(34)29-24(22)32)16-17-6-3-2-4-7-17/h2-4,6-13H,5,14-16,28H2,1H3,(H,29,32,34). The second kappa shape index (κ2) is 10.9. The number of nitrogens with zero attached hydrogens (tertiary/aromatic N) is 2. The number of ether oxygens (including phenoxy) is 1. The number of amides is 1. The smallest absolute Gasteiger partial charge is 0.330 e. The van der Waals surface area contributed by atoms with E-state index in [2.05, 4.69) is 4.98 Å². The number of aromatic nitrogens is 2. The number of carbonyl (C=O) groups excluding carboxylic acids is 1. The van der Waals surface area contributed by atoms with E-state index in [1.807, 2.05) is 30.3 Å². The molecule has 0 unspecified atom stereocenters. The highest BCUT2D eigenvalue weighted by molar-refractivity contribution is 6.05. The highest BCUT2D eigenvalue weighted by Gasteiger charge is 2.27. The van der Waals surface area contributed by atoms with E-state index in [-0.39, 0.29) is 30.4 Å². The Kier molecular flexibility index (Phi) is 7.45. The first-order chi connectivity index (χ1) is 17.4. The number of furan rings is 1. The summed E-state index contributed by atoms with van der Waals surface area (Å²) in [4.78, 5) is 42.5. The number of halogens is 1. The summed E-state index contributed by atoms with van der Waals surface area (Å²) in [6.45, 7) is 0.505. The number of nitrogens with one attached hydrogen (secondary N) is 1. The summed E-state index contributed by atoms with van der Waals surface area (Å²) in [5, 5.41) is 0. The molecule has 9 nitrogen and oxygen atoms in total. The molecule has 0 aliphatic rings. The Hall–Kier alpha value is -4.44. The van der Waals surface area contributed by atoms with Crippen molar-refractivity contribution in [3.05, 3.63) is 105 Å². The van der Waals surface area contributed by atoms with Crippen molar-refractivity contribution in [3.8, 4) is 11.3 Å². The number of aromatic amines is 1. The van der Waals surface area contributed by atoms with Gasteiger partial charge < -0.3 is 14.9 Å². The molecule has 2 heterocycles. The van der Waals surface area contributed by atoms with Gasteiger partial charge in [0.15, 0.2) is 11.4 Å². The number of anilines is 2. The molecule has 0 atom stereocenters. The summed E-state index contributed by atoms with van der Waals surface area (Å²) in [6.07, 6.45) is 0.393. The van der Waals surface area contributed by atoms with E-state index in [1.54, 1.807) is 6.07 Å². The monoisotopic (exact) mass is 492 g/mol. The number of rotatable bonds is 9.